The minimum atomic E-state index is 0.570. The maximum atomic E-state index is 5.49. The highest BCUT2D eigenvalue weighted by Gasteiger charge is 2.02. The first-order valence-electron chi connectivity index (χ1n) is 3.97. The molecule has 0 atom stereocenters. The molecule has 0 aliphatic rings. The number of aryl methyl sites for hydroxylation is 1. The molecule has 14 heavy (non-hydrogen) atoms. The molecule has 3 nitrogen and oxygen atoms in total. The molecule has 0 amide bonds. The van der Waals surface area contributed by atoms with Crippen molar-refractivity contribution in [2.75, 3.05) is 0 Å². The Kier molecular flexibility index (Phi) is 2.79. The molecule has 0 fully saturated rings. The van der Waals surface area contributed by atoms with Crippen molar-refractivity contribution in [2.24, 2.45) is 0 Å². The predicted octanol–water partition coefficient (Wildman–Crippen LogP) is 3.40. The van der Waals surface area contributed by atoms with Crippen molar-refractivity contribution in [3.63, 3.8) is 0 Å². The van der Waals surface area contributed by atoms with E-state index in [2.05, 4.69) is 26.1 Å². The lowest BCUT2D eigenvalue weighted by Gasteiger charge is -1.99. The number of halogens is 1. The Bertz CT molecular complexity index is 444. The van der Waals surface area contributed by atoms with Gasteiger partial charge >= 0.3 is 0 Å². The van der Waals surface area contributed by atoms with Crippen molar-refractivity contribution in [3.05, 3.63) is 33.7 Å². The number of nitrogens with zero attached hydrogens (tertiary/aromatic N) is 2. The summed E-state index contributed by atoms with van der Waals surface area (Å²) in [7, 11) is 0. The Morgan fingerprint density at radius 2 is 2.21 bits per heavy atom. The van der Waals surface area contributed by atoms with Gasteiger partial charge < -0.3 is 4.74 Å². The molecule has 0 bridgehead atoms. The summed E-state index contributed by atoms with van der Waals surface area (Å²) >= 11 is 4.80. The molecule has 1 heterocycles. The van der Waals surface area contributed by atoms with Crippen molar-refractivity contribution in [2.45, 2.75) is 6.92 Å². The molecule has 0 aliphatic carbocycles. The number of hydrogen-bond acceptors (Lipinski definition) is 4. The van der Waals surface area contributed by atoms with Crippen LogP contribution >= 0.6 is 27.3 Å². The van der Waals surface area contributed by atoms with E-state index in [0.717, 1.165) is 15.2 Å². The maximum Gasteiger partial charge on any atom is 0.299 e. The molecule has 0 spiro atoms. The molecule has 0 radical (unpaired) electrons. The van der Waals surface area contributed by atoms with E-state index in [1.165, 1.54) is 11.3 Å². The average Bonchev–Trinajstić information content (AvgIpc) is 2.51. The highest BCUT2D eigenvalue weighted by Crippen LogP contribution is 2.26. The lowest BCUT2D eigenvalue weighted by Crippen LogP contribution is -1.82. The first kappa shape index (κ1) is 9.61. The first-order chi connectivity index (χ1) is 6.74. The van der Waals surface area contributed by atoms with E-state index in [0.29, 0.717) is 5.19 Å². The highest BCUT2D eigenvalue weighted by molar-refractivity contribution is 9.10. The van der Waals surface area contributed by atoms with Crippen molar-refractivity contribution >= 4 is 27.3 Å². The van der Waals surface area contributed by atoms with E-state index in [-0.39, 0.29) is 0 Å². The van der Waals surface area contributed by atoms with Gasteiger partial charge in [-0.05, 0) is 25.1 Å². The number of aromatic nitrogens is 2. The van der Waals surface area contributed by atoms with Crippen LogP contribution in [0, 0.1) is 6.92 Å². The quantitative estimate of drug-likeness (QED) is 0.839. The molecule has 0 saturated heterocycles. The molecule has 2 aromatic rings. The first-order valence-corrected chi connectivity index (χ1v) is 5.58. The van der Waals surface area contributed by atoms with Crippen LogP contribution in [0.3, 0.4) is 0 Å². The van der Waals surface area contributed by atoms with E-state index >= 15 is 0 Å². The second kappa shape index (κ2) is 4.06. The van der Waals surface area contributed by atoms with Crippen molar-refractivity contribution in [3.8, 4) is 10.9 Å². The van der Waals surface area contributed by atoms with Gasteiger partial charge in [-0.3, -0.25) is 0 Å². The van der Waals surface area contributed by atoms with E-state index in [4.69, 9.17) is 4.74 Å². The van der Waals surface area contributed by atoms with Gasteiger partial charge in [0.1, 0.15) is 10.8 Å². The van der Waals surface area contributed by atoms with Crippen molar-refractivity contribution in [1.82, 2.24) is 10.2 Å². The van der Waals surface area contributed by atoms with Crippen LogP contribution in [0.2, 0.25) is 0 Å². The zero-order valence-corrected chi connectivity index (χ0v) is 9.80. The van der Waals surface area contributed by atoms with Gasteiger partial charge in [-0.15, -0.1) is 5.10 Å². The van der Waals surface area contributed by atoms with Gasteiger partial charge in [0, 0.05) is 4.47 Å². The van der Waals surface area contributed by atoms with Crippen LogP contribution in [0.1, 0.15) is 5.01 Å². The molecule has 72 valence electrons. The number of rotatable bonds is 2. The number of hydrogen-bond donors (Lipinski definition) is 0. The lowest BCUT2D eigenvalue weighted by molar-refractivity contribution is 0.473. The van der Waals surface area contributed by atoms with E-state index < -0.39 is 0 Å². The molecule has 0 unspecified atom stereocenters. The molecular weight excluding hydrogens is 264 g/mol. The monoisotopic (exact) mass is 270 g/mol. The fraction of sp³-hybridized carbons (Fsp3) is 0.111. The van der Waals surface area contributed by atoms with Crippen LogP contribution < -0.4 is 4.74 Å². The van der Waals surface area contributed by atoms with E-state index in [9.17, 15) is 0 Å². The van der Waals surface area contributed by atoms with Gasteiger partial charge in [-0.25, -0.2) is 0 Å². The Labute approximate surface area is 93.9 Å². The summed E-state index contributed by atoms with van der Waals surface area (Å²) in [6.07, 6.45) is 0. The Hall–Kier alpha value is -0.940. The molecule has 0 saturated carbocycles. The minimum Gasteiger partial charge on any atom is -0.430 e. The van der Waals surface area contributed by atoms with Gasteiger partial charge in [0.25, 0.3) is 5.19 Å². The van der Waals surface area contributed by atoms with Crippen molar-refractivity contribution in [1.29, 1.82) is 0 Å². The van der Waals surface area contributed by atoms with Gasteiger partial charge in [0.15, 0.2) is 0 Å². The largest absolute Gasteiger partial charge is 0.430 e. The normalized spacial score (nSPS) is 10.1. The van der Waals surface area contributed by atoms with Gasteiger partial charge in [0.05, 0.1) is 0 Å². The third-order valence-electron chi connectivity index (χ3n) is 1.51. The maximum absolute atomic E-state index is 5.49. The number of benzene rings is 1. The standard InChI is InChI=1S/C9H7BrN2OS/c1-6-11-12-9(14-6)13-8-4-2-3-7(10)5-8/h2-5H,1H3. The zero-order valence-electron chi connectivity index (χ0n) is 7.40. The summed E-state index contributed by atoms with van der Waals surface area (Å²) in [5, 5.41) is 9.21. The number of ether oxygens (including phenoxy) is 1. The summed E-state index contributed by atoms with van der Waals surface area (Å²) < 4.78 is 6.48. The molecule has 1 aromatic carbocycles. The summed E-state index contributed by atoms with van der Waals surface area (Å²) in [5.41, 5.74) is 0. The SMILES string of the molecule is Cc1nnc(Oc2cccc(Br)c2)s1. The molecule has 0 N–H and O–H groups in total. The van der Waals surface area contributed by atoms with Crippen LogP contribution in [0.5, 0.6) is 10.9 Å². The van der Waals surface area contributed by atoms with Crippen LogP contribution in [-0.2, 0) is 0 Å². The minimum absolute atomic E-state index is 0.570. The fourth-order valence-corrected chi connectivity index (χ4v) is 1.88. The van der Waals surface area contributed by atoms with E-state index in [1.54, 1.807) is 0 Å². The van der Waals surface area contributed by atoms with Crippen LogP contribution in [0.25, 0.3) is 0 Å². The molecular formula is C9H7BrN2OS. The van der Waals surface area contributed by atoms with Gasteiger partial charge in [-0.1, -0.05) is 38.4 Å². The Balaban J connectivity index is 2.18. The second-order valence-electron chi connectivity index (χ2n) is 2.65. The molecule has 5 heteroatoms. The van der Waals surface area contributed by atoms with Crippen LogP contribution in [0.15, 0.2) is 28.7 Å². The fourth-order valence-electron chi connectivity index (χ4n) is 0.951. The van der Waals surface area contributed by atoms with Crippen LogP contribution in [0.4, 0.5) is 0 Å². The smallest absolute Gasteiger partial charge is 0.299 e. The lowest BCUT2D eigenvalue weighted by atomic mass is 10.3. The summed E-state index contributed by atoms with van der Waals surface area (Å²) in [4.78, 5) is 0. The topological polar surface area (TPSA) is 35.0 Å². The summed E-state index contributed by atoms with van der Waals surface area (Å²) in [6.45, 7) is 1.89. The summed E-state index contributed by atoms with van der Waals surface area (Å²) in [5.74, 6) is 0.760. The summed E-state index contributed by atoms with van der Waals surface area (Å²) in [6, 6.07) is 7.61. The molecule has 1 aromatic heterocycles. The van der Waals surface area contributed by atoms with Gasteiger partial charge in [0.2, 0.25) is 0 Å². The van der Waals surface area contributed by atoms with Crippen molar-refractivity contribution < 1.29 is 4.74 Å². The predicted molar refractivity (Wildman–Crippen MR) is 58.9 cm³/mol. The third kappa shape index (κ3) is 2.30. The van der Waals surface area contributed by atoms with Gasteiger partial charge in [-0.2, -0.15) is 0 Å². The second-order valence-corrected chi connectivity index (χ2v) is 4.71. The zero-order chi connectivity index (χ0) is 9.97. The Morgan fingerprint density at radius 3 is 2.86 bits per heavy atom. The van der Waals surface area contributed by atoms with Crippen LogP contribution in [-0.4, -0.2) is 10.2 Å². The highest BCUT2D eigenvalue weighted by atomic mass is 79.9. The molecule has 2 rings (SSSR count). The average molecular weight is 271 g/mol. The molecule has 0 aliphatic heterocycles. The third-order valence-corrected chi connectivity index (χ3v) is 2.72. The van der Waals surface area contributed by atoms with E-state index in [1.807, 2.05) is 31.2 Å². The Morgan fingerprint density at radius 1 is 1.36 bits per heavy atom.